The summed E-state index contributed by atoms with van der Waals surface area (Å²) in [5.74, 6) is 0.0360. The predicted molar refractivity (Wildman–Crippen MR) is 67.5 cm³/mol. The smallest absolute Gasteiger partial charge is 0.245 e. The maximum atomic E-state index is 12.1. The lowest BCUT2D eigenvalue weighted by Gasteiger charge is -2.37. The fraction of sp³-hybridized carbons (Fsp3) is 0.846. The van der Waals surface area contributed by atoms with Crippen LogP contribution in [0, 0.1) is 0 Å². The van der Waals surface area contributed by atoms with E-state index in [1.807, 2.05) is 0 Å². The predicted octanol–water partition coefficient (Wildman–Crippen LogP) is 1.69. The summed E-state index contributed by atoms with van der Waals surface area (Å²) in [4.78, 5) is 25.3. The van der Waals surface area contributed by atoms with E-state index >= 15 is 0 Å². The molecule has 0 aliphatic carbocycles. The number of hydrogen-bond donors (Lipinski definition) is 1. The zero-order valence-electron chi connectivity index (χ0n) is 11.2. The molecule has 0 saturated carbocycles. The third-order valence-electron chi connectivity index (χ3n) is 3.30. The van der Waals surface area contributed by atoms with E-state index in [1.54, 1.807) is 11.8 Å². The minimum Gasteiger partial charge on any atom is -0.343 e. The molecule has 0 bridgehead atoms. The van der Waals surface area contributed by atoms with E-state index in [9.17, 15) is 9.59 Å². The molecule has 1 heterocycles. The summed E-state index contributed by atoms with van der Waals surface area (Å²) in [6.45, 7) is 6.26. The van der Waals surface area contributed by atoms with Gasteiger partial charge in [-0.05, 0) is 19.8 Å². The van der Waals surface area contributed by atoms with E-state index < -0.39 is 0 Å². The molecule has 2 atom stereocenters. The highest BCUT2D eigenvalue weighted by atomic mass is 16.2. The van der Waals surface area contributed by atoms with Gasteiger partial charge in [0.25, 0.3) is 0 Å². The van der Waals surface area contributed by atoms with Crippen LogP contribution in [0.1, 0.15) is 52.9 Å². The van der Waals surface area contributed by atoms with Gasteiger partial charge in [0, 0.05) is 6.04 Å². The van der Waals surface area contributed by atoms with Crippen LogP contribution in [0.4, 0.5) is 0 Å². The van der Waals surface area contributed by atoms with Crippen molar-refractivity contribution < 1.29 is 9.59 Å². The second kappa shape index (κ2) is 6.62. The Hall–Kier alpha value is -1.06. The summed E-state index contributed by atoms with van der Waals surface area (Å²) < 4.78 is 0. The van der Waals surface area contributed by atoms with E-state index in [2.05, 4.69) is 19.2 Å². The molecule has 1 rings (SSSR count). The molecule has 2 amide bonds. The molecular formula is C13H24N2O2. The van der Waals surface area contributed by atoms with Gasteiger partial charge in [-0.25, -0.2) is 0 Å². The molecule has 0 aromatic carbocycles. The van der Waals surface area contributed by atoms with E-state index in [0.717, 1.165) is 32.1 Å². The van der Waals surface area contributed by atoms with E-state index in [1.165, 1.54) is 0 Å². The van der Waals surface area contributed by atoms with Crippen molar-refractivity contribution in [1.82, 2.24) is 10.2 Å². The third kappa shape index (κ3) is 3.72. The molecule has 17 heavy (non-hydrogen) atoms. The van der Waals surface area contributed by atoms with Crippen LogP contribution in [0.15, 0.2) is 0 Å². The molecular weight excluding hydrogens is 216 g/mol. The number of carbonyl (C=O) groups excluding carboxylic acids is 2. The van der Waals surface area contributed by atoms with Gasteiger partial charge in [-0.3, -0.25) is 9.59 Å². The summed E-state index contributed by atoms with van der Waals surface area (Å²) in [5.41, 5.74) is 0. The molecule has 98 valence electrons. The van der Waals surface area contributed by atoms with Crippen molar-refractivity contribution in [2.24, 2.45) is 0 Å². The minimum absolute atomic E-state index is 0.0327. The quantitative estimate of drug-likeness (QED) is 0.768. The van der Waals surface area contributed by atoms with Crippen LogP contribution >= 0.6 is 0 Å². The second-order valence-corrected chi connectivity index (χ2v) is 4.84. The number of unbranched alkanes of at least 4 members (excludes halogenated alkanes) is 1. The minimum atomic E-state index is -0.364. The maximum Gasteiger partial charge on any atom is 0.245 e. The second-order valence-electron chi connectivity index (χ2n) is 4.84. The molecule has 1 aliphatic heterocycles. The average molecular weight is 240 g/mol. The molecule has 1 fully saturated rings. The maximum absolute atomic E-state index is 12.1. The molecule has 0 aromatic rings. The van der Waals surface area contributed by atoms with Crippen LogP contribution in [0.25, 0.3) is 0 Å². The highest BCUT2D eigenvalue weighted by Gasteiger charge is 2.33. The largest absolute Gasteiger partial charge is 0.343 e. The van der Waals surface area contributed by atoms with Crippen molar-refractivity contribution in [3.8, 4) is 0 Å². The van der Waals surface area contributed by atoms with Crippen LogP contribution in [0.3, 0.4) is 0 Å². The monoisotopic (exact) mass is 240 g/mol. The topological polar surface area (TPSA) is 49.4 Å². The first-order valence-electron chi connectivity index (χ1n) is 6.70. The zero-order valence-corrected chi connectivity index (χ0v) is 11.2. The molecule has 0 aromatic heterocycles. The van der Waals surface area contributed by atoms with Gasteiger partial charge >= 0.3 is 0 Å². The Morgan fingerprint density at radius 1 is 1.29 bits per heavy atom. The molecule has 0 spiro atoms. The van der Waals surface area contributed by atoms with Crippen molar-refractivity contribution in [3.63, 3.8) is 0 Å². The van der Waals surface area contributed by atoms with Gasteiger partial charge in [-0.1, -0.05) is 33.1 Å². The number of amides is 2. The fourth-order valence-corrected chi connectivity index (χ4v) is 2.37. The van der Waals surface area contributed by atoms with Crippen LogP contribution in [0.5, 0.6) is 0 Å². The van der Waals surface area contributed by atoms with Gasteiger partial charge in [0.05, 0.1) is 6.54 Å². The number of nitrogens with zero attached hydrogens (tertiary/aromatic N) is 1. The highest BCUT2D eigenvalue weighted by molar-refractivity contribution is 5.94. The molecule has 2 unspecified atom stereocenters. The van der Waals surface area contributed by atoms with Gasteiger partial charge in [0.1, 0.15) is 6.04 Å². The lowest BCUT2D eigenvalue weighted by atomic mass is 10.0. The fourth-order valence-electron chi connectivity index (χ4n) is 2.37. The first-order chi connectivity index (χ1) is 8.10. The summed E-state index contributed by atoms with van der Waals surface area (Å²) >= 11 is 0. The number of piperazine rings is 1. The molecule has 1 saturated heterocycles. The summed E-state index contributed by atoms with van der Waals surface area (Å²) in [6, 6.07) is -0.127. The Bertz CT molecular complexity index is 279. The molecule has 4 nitrogen and oxygen atoms in total. The molecule has 1 aliphatic rings. The molecule has 1 N–H and O–H groups in total. The van der Waals surface area contributed by atoms with Crippen LogP contribution in [0.2, 0.25) is 0 Å². The summed E-state index contributed by atoms with van der Waals surface area (Å²) in [7, 11) is 0. The number of rotatable bonds is 6. The number of nitrogens with one attached hydrogen (secondary N) is 1. The van der Waals surface area contributed by atoms with E-state index in [4.69, 9.17) is 0 Å². The lowest BCUT2D eigenvalue weighted by Crippen LogP contribution is -2.59. The Labute approximate surface area is 104 Å². The first-order valence-corrected chi connectivity index (χ1v) is 6.70. The van der Waals surface area contributed by atoms with Gasteiger partial charge in [0.15, 0.2) is 0 Å². The summed E-state index contributed by atoms with van der Waals surface area (Å²) in [6.07, 6.45) is 5.30. The Morgan fingerprint density at radius 2 is 2.00 bits per heavy atom. The average Bonchev–Trinajstić information content (AvgIpc) is 2.29. The van der Waals surface area contributed by atoms with Crippen molar-refractivity contribution >= 4 is 11.8 Å². The Balaban J connectivity index is 2.69. The SMILES string of the molecule is CCCCC(CCC)N1CC(=O)NC(C)C1=O. The van der Waals surface area contributed by atoms with Crippen molar-refractivity contribution in [2.45, 2.75) is 65.0 Å². The van der Waals surface area contributed by atoms with Crippen molar-refractivity contribution in [2.75, 3.05) is 6.54 Å². The van der Waals surface area contributed by atoms with Gasteiger partial charge < -0.3 is 10.2 Å². The Kier molecular flexibility index (Phi) is 5.45. The molecule has 4 heteroatoms. The van der Waals surface area contributed by atoms with E-state index in [0.29, 0.717) is 0 Å². The van der Waals surface area contributed by atoms with Crippen LogP contribution in [-0.4, -0.2) is 35.3 Å². The van der Waals surface area contributed by atoms with Crippen LogP contribution in [-0.2, 0) is 9.59 Å². The standard InChI is InChI=1S/C13H24N2O2/c1-4-6-8-11(7-5-2)15-9-12(16)14-10(3)13(15)17/h10-11H,4-9H2,1-3H3,(H,14,16). The zero-order chi connectivity index (χ0) is 12.8. The lowest BCUT2D eigenvalue weighted by molar-refractivity contribution is -0.146. The van der Waals surface area contributed by atoms with Gasteiger partial charge in [-0.15, -0.1) is 0 Å². The highest BCUT2D eigenvalue weighted by Crippen LogP contribution is 2.17. The van der Waals surface area contributed by atoms with Gasteiger partial charge in [-0.2, -0.15) is 0 Å². The van der Waals surface area contributed by atoms with E-state index in [-0.39, 0.29) is 30.4 Å². The normalized spacial score (nSPS) is 22.5. The third-order valence-corrected chi connectivity index (χ3v) is 3.30. The van der Waals surface area contributed by atoms with Crippen LogP contribution < -0.4 is 5.32 Å². The van der Waals surface area contributed by atoms with Gasteiger partial charge in [0.2, 0.25) is 11.8 Å². The number of hydrogen-bond acceptors (Lipinski definition) is 2. The number of carbonyl (C=O) groups is 2. The van der Waals surface area contributed by atoms with Crippen molar-refractivity contribution in [1.29, 1.82) is 0 Å². The Morgan fingerprint density at radius 3 is 2.59 bits per heavy atom. The first kappa shape index (κ1) is 14.0. The van der Waals surface area contributed by atoms with Crippen molar-refractivity contribution in [3.05, 3.63) is 0 Å². The molecule has 0 radical (unpaired) electrons. The summed E-state index contributed by atoms with van der Waals surface area (Å²) in [5, 5.41) is 2.68.